The van der Waals surface area contributed by atoms with Gasteiger partial charge in [0.25, 0.3) is 0 Å². The molecule has 0 saturated carbocycles. The van der Waals surface area contributed by atoms with Gasteiger partial charge in [-0.1, -0.05) is 30.7 Å². The van der Waals surface area contributed by atoms with Crippen molar-refractivity contribution in [2.24, 2.45) is 0 Å². The highest BCUT2D eigenvalue weighted by Gasteiger charge is 2.11. The van der Waals surface area contributed by atoms with Crippen LogP contribution in [0.25, 0.3) is 12.2 Å². The van der Waals surface area contributed by atoms with Crippen molar-refractivity contribution in [2.75, 3.05) is 23.7 Å². The summed E-state index contributed by atoms with van der Waals surface area (Å²) in [5.41, 5.74) is 6.65. The van der Waals surface area contributed by atoms with Gasteiger partial charge in [0.1, 0.15) is 23.3 Å². The Hall–Kier alpha value is -4.83. The molecule has 0 aromatic carbocycles. The van der Waals surface area contributed by atoms with Gasteiger partial charge in [-0.3, -0.25) is 4.79 Å². The third-order valence-corrected chi connectivity index (χ3v) is 8.77. The predicted octanol–water partition coefficient (Wildman–Crippen LogP) is 6.86. The Kier molecular flexibility index (Phi) is 14.1. The number of aryl methyl sites for hydroxylation is 6. The second kappa shape index (κ2) is 19.4. The monoisotopic (exact) mass is 674 g/mol. The molecule has 6 heterocycles. The molecule has 0 aliphatic carbocycles. The first-order valence-corrected chi connectivity index (χ1v) is 18.0. The fraction of sp³-hybridized carbons (Fsp3) is 0.425. The lowest BCUT2D eigenvalue weighted by Crippen LogP contribution is -2.14. The van der Waals surface area contributed by atoms with Gasteiger partial charge in [0.15, 0.2) is 5.78 Å². The van der Waals surface area contributed by atoms with Crippen LogP contribution in [0.4, 0.5) is 11.6 Å². The van der Waals surface area contributed by atoms with E-state index >= 15 is 0 Å². The number of carbonyl (C=O) groups is 1. The van der Waals surface area contributed by atoms with Gasteiger partial charge in [-0.05, 0) is 113 Å². The van der Waals surface area contributed by atoms with E-state index in [4.69, 9.17) is 4.98 Å². The number of allylic oxidation sites excluding steroid dienone is 1. The number of anilines is 2. The highest BCUT2D eigenvalue weighted by atomic mass is 16.3. The fourth-order valence-corrected chi connectivity index (χ4v) is 5.85. The molecule has 4 aromatic rings. The summed E-state index contributed by atoms with van der Waals surface area (Å²) in [6.45, 7) is 5.73. The summed E-state index contributed by atoms with van der Waals surface area (Å²) in [7, 11) is 0. The molecule has 0 unspecified atom stereocenters. The second-order valence-corrected chi connectivity index (χ2v) is 13.0. The minimum Gasteiger partial charge on any atom is -0.389 e. The molecule has 2 aliphatic heterocycles. The van der Waals surface area contributed by atoms with E-state index in [0.717, 1.165) is 117 Å². The number of aliphatic hydroxyl groups excluding tert-OH is 1. The maximum atomic E-state index is 11.9. The number of nitrogens with zero attached hydrogens (tertiary/aromatic N) is 6. The molecule has 0 fully saturated rings. The van der Waals surface area contributed by atoms with Crippen LogP contribution in [0.15, 0.2) is 61.2 Å². The number of carbonyl (C=O) groups excluding carboxylic acids is 1. The number of rotatable bonds is 14. The SMILES string of the molecule is Cc1ncc(/C=C/C(=O)CCCCc2ccc3c(n2)NCCC3)cn1.Cc1ncc(/C=C/[C@H](O)CCCCc2ccc3c(n2)NCCC3)cn1. The Morgan fingerprint density at radius 1 is 0.740 bits per heavy atom. The zero-order valence-corrected chi connectivity index (χ0v) is 29.4. The number of aliphatic hydroxyl groups is 1. The molecule has 0 saturated heterocycles. The fourth-order valence-electron chi connectivity index (χ4n) is 5.85. The molecular weight excluding hydrogens is 624 g/mol. The van der Waals surface area contributed by atoms with Crippen LogP contribution in [-0.2, 0) is 30.5 Å². The topological polar surface area (TPSA) is 139 Å². The van der Waals surface area contributed by atoms with Crippen molar-refractivity contribution in [1.29, 1.82) is 0 Å². The van der Waals surface area contributed by atoms with Gasteiger partial charge in [0.2, 0.25) is 0 Å². The van der Waals surface area contributed by atoms with Gasteiger partial charge in [0.05, 0.1) is 6.10 Å². The van der Waals surface area contributed by atoms with Crippen molar-refractivity contribution in [2.45, 2.75) is 97.0 Å². The maximum Gasteiger partial charge on any atom is 0.155 e. The van der Waals surface area contributed by atoms with E-state index in [1.165, 1.54) is 24.0 Å². The molecule has 10 nitrogen and oxygen atoms in total. The first-order valence-electron chi connectivity index (χ1n) is 18.0. The number of nitrogens with one attached hydrogen (secondary N) is 2. The van der Waals surface area contributed by atoms with Crippen LogP contribution in [0.2, 0.25) is 0 Å². The van der Waals surface area contributed by atoms with Gasteiger partial charge in [0, 0.05) is 66.8 Å². The molecule has 3 N–H and O–H groups in total. The molecule has 0 spiro atoms. The molecule has 262 valence electrons. The van der Waals surface area contributed by atoms with Crippen LogP contribution in [0, 0.1) is 13.8 Å². The molecule has 6 rings (SSSR count). The van der Waals surface area contributed by atoms with Crippen molar-refractivity contribution in [3.8, 4) is 0 Å². The van der Waals surface area contributed by atoms with Crippen molar-refractivity contribution in [1.82, 2.24) is 29.9 Å². The predicted molar refractivity (Wildman–Crippen MR) is 200 cm³/mol. The van der Waals surface area contributed by atoms with Crippen LogP contribution in [0.3, 0.4) is 0 Å². The standard InChI is InChI=1S/C20H26N4O.C20H24N4O/c2*1-15-22-13-16(14-23-15)8-11-19(25)7-3-2-6-18-10-9-17-5-4-12-21-20(17)24-18/h8-11,13-14,19,25H,2-7,12H2,1H3,(H,21,24);8-11,13-14H,2-7,12H2,1H3,(H,21,24)/b2*11-8+/t19-;/m1./s1. The summed E-state index contributed by atoms with van der Waals surface area (Å²) in [5, 5.41) is 16.8. The van der Waals surface area contributed by atoms with Crippen LogP contribution in [-0.4, -0.2) is 60.0 Å². The minimum absolute atomic E-state index is 0.139. The lowest BCUT2D eigenvalue weighted by Gasteiger charge is -2.17. The summed E-state index contributed by atoms with van der Waals surface area (Å²) in [5.74, 6) is 3.73. The largest absolute Gasteiger partial charge is 0.389 e. The first-order chi connectivity index (χ1) is 24.4. The summed E-state index contributed by atoms with van der Waals surface area (Å²) >= 11 is 0. The van der Waals surface area contributed by atoms with E-state index in [1.807, 2.05) is 26.0 Å². The summed E-state index contributed by atoms with van der Waals surface area (Å²) in [6.07, 6.45) is 25.3. The molecule has 1 atom stereocenters. The van der Waals surface area contributed by atoms with Crippen LogP contribution in [0.5, 0.6) is 0 Å². The van der Waals surface area contributed by atoms with Crippen LogP contribution in [0.1, 0.15) is 96.7 Å². The van der Waals surface area contributed by atoms with Crippen molar-refractivity contribution >= 4 is 29.6 Å². The van der Waals surface area contributed by atoms with Gasteiger partial charge < -0.3 is 15.7 Å². The number of aromatic nitrogens is 6. The average Bonchev–Trinajstić information content (AvgIpc) is 3.15. The van der Waals surface area contributed by atoms with E-state index in [2.05, 4.69) is 59.8 Å². The lowest BCUT2D eigenvalue weighted by molar-refractivity contribution is -0.114. The summed E-state index contributed by atoms with van der Waals surface area (Å²) < 4.78 is 0. The number of pyridine rings is 2. The Labute approximate surface area is 296 Å². The van der Waals surface area contributed by atoms with E-state index in [9.17, 15) is 9.90 Å². The van der Waals surface area contributed by atoms with E-state index < -0.39 is 6.10 Å². The summed E-state index contributed by atoms with van der Waals surface area (Å²) in [4.78, 5) is 37.8. The Bertz CT molecular complexity index is 1720. The van der Waals surface area contributed by atoms with Crippen molar-refractivity contribution < 1.29 is 9.90 Å². The average molecular weight is 675 g/mol. The third-order valence-electron chi connectivity index (χ3n) is 8.77. The van der Waals surface area contributed by atoms with Gasteiger partial charge in [-0.2, -0.15) is 0 Å². The number of hydrogen-bond donors (Lipinski definition) is 3. The van der Waals surface area contributed by atoms with E-state index in [0.29, 0.717) is 6.42 Å². The van der Waals surface area contributed by atoms with E-state index in [1.54, 1.807) is 36.9 Å². The zero-order valence-electron chi connectivity index (χ0n) is 29.4. The van der Waals surface area contributed by atoms with E-state index in [-0.39, 0.29) is 5.78 Å². The van der Waals surface area contributed by atoms with Crippen molar-refractivity contribution in [3.63, 3.8) is 0 Å². The van der Waals surface area contributed by atoms with Crippen LogP contribution < -0.4 is 10.6 Å². The number of hydrogen-bond acceptors (Lipinski definition) is 10. The third kappa shape index (κ3) is 12.2. The van der Waals surface area contributed by atoms with Crippen LogP contribution >= 0.6 is 0 Å². The molecule has 50 heavy (non-hydrogen) atoms. The zero-order chi connectivity index (χ0) is 35.0. The van der Waals surface area contributed by atoms with Crippen molar-refractivity contribution in [3.05, 3.63) is 106 Å². The quantitative estimate of drug-likeness (QED) is 0.0961. The molecule has 10 heteroatoms. The normalized spacial score (nSPS) is 14.2. The Morgan fingerprint density at radius 3 is 1.82 bits per heavy atom. The molecule has 0 radical (unpaired) electrons. The lowest BCUT2D eigenvalue weighted by atomic mass is 10.0. The number of unbranched alkanes of at least 4 members (excludes halogenated alkanes) is 2. The Balaban J connectivity index is 0.000000194. The van der Waals surface area contributed by atoms with Gasteiger partial charge in [-0.15, -0.1) is 0 Å². The Morgan fingerprint density at radius 2 is 1.26 bits per heavy atom. The number of fused-ring (bicyclic) bond motifs is 2. The molecule has 4 aromatic heterocycles. The molecule has 2 aliphatic rings. The number of ketones is 1. The summed E-state index contributed by atoms with van der Waals surface area (Å²) in [6, 6.07) is 8.64. The van der Waals surface area contributed by atoms with Gasteiger partial charge in [-0.25, -0.2) is 29.9 Å². The smallest absolute Gasteiger partial charge is 0.155 e. The molecule has 0 amide bonds. The molecular formula is C40H50N8O2. The first kappa shape index (κ1) is 36.5. The van der Waals surface area contributed by atoms with Gasteiger partial charge >= 0.3 is 0 Å². The minimum atomic E-state index is -0.431. The highest BCUT2D eigenvalue weighted by molar-refractivity contribution is 5.93. The molecule has 0 bridgehead atoms. The second-order valence-electron chi connectivity index (χ2n) is 13.0. The highest BCUT2D eigenvalue weighted by Crippen LogP contribution is 2.22. The maximum absolute atomic E-state index is 11.9.